The Bertz CT molecular complexity index is 465. The summed E-state index contributed by atoms with van der Waals surface area (Å²) in [6.45, 7) is 9.56. The maximum atomic E-state index is 4.52. The predicted octanol–water partition coefficient (Wildman–Crippen LogP) is 3.06. The molecule has 0 aromatic carbocycles. The van der Waals surface area contributed by atoms with E-state index in [1.54, 1.807) is 0 Å². The van der Waals surface area contributed by atoms with Gasteiger partial charge in [0.05, 0.1) is 12.2 Å². The monoisotopic (exact) mass is 402 g/mol. The molecule has 0 aliphatic carbocycles. The third-order valence-electron chi connectivity index (χ3n) is 3.75. The second kappa shape index (κ2) is 8.56. The standard InChI is InChI=1S/C16H26N4.HI/c1-12-8-13(2)11-20(10-12)16(17-4)18-9-15-7-5-6-14(3)19-15;/h5-7,12-13H,8-11H2,1-4H3,(H,17,18);1H. The summed E-state index contributed by atoms with van der Waals surface area (Å²) in [6.07, 6.45) is 1.31. The number of nitrogens with one attached hydrogen (secondary N) is 1. The van der Waals surface area contributed by atoms with Gasteiger partial charge in [-0.2, -0.15) is 0 Å². The number of halogens is 1. The predicted molar refractivity (Wildman–Crippen MR) is 99.1 cm³/mol. The molecule has 1 aromatic rings. The van der Waals surface area contributed by atoms with Crippen LogP contribution in [-0.2, 0) is 6.54 Å². The van der Waals surface area contributed by atoms with Crippen LogP contribution in [0.2, 0.25) is 0 Å². The molecule has 21 heavy (non-hydrogen) atoms. The number of hydrogen-bond acceptors (Lipinski definition) is 2. The maximum absolute atomic E-state index is 4.52. The minimum absolute atomic E-state index is 0. The van der Waals surface area contributed by atoms with Crippen LogP contribution in [-0.4, -0.2) is 36.0 Å². The molecule has 2 heterocycles. The lowest BCUT2D eigenvalue weighted by Crippen LogP contribution is -2.48. The number of rotatable bonds is 2. The van der Waals surface area contributed by atoms with Crippen LogP contribution >= 0.6 is 24.0 Å². The van der Waals surface area contributed by atoms with Crippen molar-refractivity contribution in [2.75, 3.05) is 20.1 Å². The third kappa shape index (κ3) is 5.45. The van der Waals surface area contributed by atoms with Crippen molar-refractivity contribution in [1.82, 2.24) is 15.2 Å². The van der Waals surface area contributed by atoms with Gasteiger partial charge >= 0.3 is 0 Å². The molecule has 118 valence electrons. The summed E-state index contributed by atoms with van der Waals surface area (Å²) in [7, 11) is 1.86. The van der Waals surface area contributed by atoms with Crippen molar-refractivity contribution in [3.8, 4) is 0 Å². The third-order valence-corrected chi connectivity index (χ3v) is 3.75. The van der Waals surface area contributed by atoms with Crippen LogP contribution < -0.4 is 5.32 Å². The zero-order chi connectivity index (χ0) is 14.5. The quantitative estimate of drug-likeness (QED) is 0.470. The van der Waals surface area contributed by atoms with Crippen LogP contribution in [0.3, 0.4) is 0 Å². The first-order chi connectivity index (χ1) is 9.58. The van der Waals surface area contributed by atoms with Crippen molar-refractivity contribution in [3.05, 3.63) is 29.6 Å². The Morgan fingerprint density at radius 1 is 1.33 bits per heavy atom. The highest BCUT2D eigenvalue weighted by atomic mass is 127. The van der Waals surface area contributed by atoms with Crippen molar-refractivity contribution in [3.63, 3.8) is 0 Å². The van der Waals surface area contributed by atoms with Gasteiger partial charge in [0.15, 0.2) is 5.96 Å². The van der Waals surface area contributed by atoms with Gasteiger partial charge in [-0.25, -0.2) is 0 Å². The highest BCUT2D eigenvalue weighted by Crippen LogP contribution is 2.20. The minimum atomic E-state index is 0. The van der Waals surface area contributed by atoms with E-state index in [0.717, 1.165) is 48.8 Å². The number of piperidine rings is 1. The van der Waals surface area contributed by atoms with Gasteiger partial charge in [-0.3, -0.25) is 9.98 Å². The highest BCUT2D eigenvalue weighted by Gasteiger charge is 2.23. The van der Waals surface area contributed by atoms with Gasteiger partial charge in [-0.1, -0.05) is 19.9 Å². The lowest BCUT2D eigenvalue weighted by molar-refractivity contribution is 0.208. The van der Waals surface area contributed by atoms with Crippen LogP contribution in [0.5, 0.6) is 0 Å². The van der Waals surface area contributed by atoms with Gasteiger partial charge in [0.1, 0.15) is 0 Å². The lowest BCUT2D eigenvalue weighted by atomic mass is 9.92. The fraction of sp³-hybridized carbons (Fsp3) is 0.625. The van der Waals surface area contributed by atoms with E-state index in [0.29, 0.717) is 0 Å². The van der Waals surface area contributed by atoms with E-state index in [1.807, 2.05) is 26.1 Å². The fourth-order valence-electron chi connectivity index (χ4n) is 3.04. The summed E-state index contributed by atoms with van der Waals surface area (Å²) in [5.41, 5.74) is 2.11. The van der Waals surface area contributed by atoms with Crippen LogP contribution in [0.15, 0.2) is 23.2 Å². The smallest absolute Gasteiger partial charge is 0.193 e. The molecule has 1 fully saturated rings. The van der Waals surface area contributed by atoms with Gasteiger partial charge in [0, 0.05) is 25.8 Å². The average molecular weight is 402 g/mol. The van der Waals surface area contributed by atoms with Gasteiger partial charge in [0.25, 0.3) is 0 Å². The second-order valence-electron chi connectivity index (χ2n) is 6.02. The number of nitrogens with zero attached hydrogens (tertiary/aromatic N) is 3. The fourth-order valence-corrected chi connectivity index (χ4v) is 3.04. The van der Waals surface area contributed by atoms with Gasteiger partial charge in [0.2, 0.25) is 0 Å². The Morgan fingerprint density at radius 3 is 2.57 bits per heavy atom. The zero-order valence-electron chi connectivity index (χ0n) is 13.5. The maximum Gasteiger partial charge on any atom is 0.193 e. The molecular formula is C16H27IN4. The number of hydrogen-bond donors (Lipinski definition) is 1. The Kier molecular flexibility index (Phi) is 7.42. The molecule has 1 saturated heterocycles. The molecule has 1 aliphatic rings. The molecule has 2 unspecified atom stereocenters. The summed E-state index contributed by atoms with van der Waals surface area (Å²) >= 11 is 0. The van der Waals surface area contributed by atoms with Crippen LogP contribution in [0, 0.1) is 18.8 Å². The molecule has 0 saturated carbocycles. The summed E-state index contributed by atoms with van der Waals surface area (Å²) in [4.78, 5) is 11.3. The van der Waals surface area contributed by atoms with Crippen LogP contribution in [0.4, 0.5) is 0 Å². The Hall–Kier alpha value is -0.850. The number of aromatic nitrogens is 1. The van der Waals surface area contributed by atoms with E-state index in [9.17, 15) is 0 Å². The SMILES string of the molecule is CN=C(NCc1cccc(C)n1)N1CC(C)CC(C)C1.I. The Morgan fingerprint density at radius 2 is 2.00 bits per heavy atom. The Balaban J connectivity index is 0.00000220. The number of guanidine groups is 1. The topological polar surface area (TPSA) is 40.5 Å². The van der Waals surface area contributed by atoms with Crippen LogP contribution in [0.1, 0.15) is 31.7 Å². The van der Waals surface area contributed by atoms with Gasteiger partial charge < -0.3 is 10.2 Å². The number of aryl methyl sites for hydroxylation is 1. The first-order valence-electron chi connectivity index (χ1n) is 7.46. The van der Waals surface area contributed by atoms with E-state index in [1.165, 1.54) is 6.42 Å². The Labute approximate surface area is 145 Å². The van der Waals surface area contributed by atoms with E-state index in [2.05, 4.69) is 40.1 Å². The summed E-state index contributed by atoms with van der Waals surface area (Å²) in [5.74, 6) is 2.45. The number of likely N-dealkylation sites (tertiary alicyclic amines) is 1. The van der Waals surface area contributed by atoms with E-state index < -0.39 is 0 Å². The van der Waals surface area contributed by atoms with Crippen molar-refractivity contribution < 1.29 is 0 Å². The van der Waals surface area contributed by atoms with Crippen molar-refractivity contribution in [1.29, 1.82) is 0 Å². The lowest BCUT2D eigenvalue weighted by Gasteiger charge is -2.37. The van der Waals surface area contributed by atoms with Crippen LogP contribution in [0.25, 0.3) is 0 Å². The molecule has 0 radical (unpaired) electrons. The molecule has 2 atom stereocenters. The molecule has 0 spiro atoms. The first-order valence-corrected chi connectivity index (χ1v) is 7.46. The molecule has 0 amide bonds. The molecule has 4 nitrogen and oxygen atoms in total. The molecule has 1 aliphatic heterocycles. The molecule has 5 heteroatoms. The second-order valence-corrected chi connectivity index (χ2v) is 6.02. The van der Waals surface area contributed by atoms with Crippen molar-refractivity contribution >= 4 is 29.9 Å². The molecule has 0 bridgehead atoms. The largest absolute Gasteiger partial charge is 0.351 e. The van der Waals surface area contributed by atoms with Crippen molar-refractivity contribution in [2.45, 2.75) is 33.7 Å². The minimum Gasteiger partial charge on any atom is -0.351 e. The average Bonchev–Trinajstić information content (AvgIpc) is 2.38. The number of aliphatic imine (C=N–C) groups is 1. The number of pyridine rings is 1. The summed E-state index contributed by atoms with van der Waals surface area (Å²) < 4.78 is 0. The normalized spacial score (nSPS) is 22.7. The zero-order valence-corrected chi connectivity index (χ0v) is 15.8. The summed E-state index contributed by atoms with van der Waals surface area (Å²) in [6, 6.07) is 6.12. The molecule has 1 N–H and O–H groups in total. The summed E-state index contributed by atoms with van der Waals surface area (Å²) in [5, 5.41) is 3.44. The van der Waals surface area contributed by atoms with Gasteiger partial charge in [-0.05, 0) is 37.3 Å². The van der Waals surface area contributed by atoms with Gasteiger partial charge in [-0.15, -0.1) is 24.0 Å². The van der Waals surface area contributed by atoms with E-state index >= 15 is 0 Å². The van der Waals surface area contributed by atoms with Crippen molar-refractivity contribution in [2.24, 2.45) is 16.8 Å². The molecule has 1 aromatic heterocycles. The highest BCUT2D eigenvalue weighted by molar-refractivity contribution is 14.0. The first kappa shape index (κ1) is 18.2. The molecule has 2 rings (SSSR count). The van der Waals surface area contributed by atoms with E-state index in [4.69, 9.17) is 0 Å². The van der Waals surface area contributed by atoms with E-state index in [-0.39, 0.29) is 24.0 Å². The molecular weight excluding hydrogens is 375 g/mol.